The van der Waals surface area contributed by atoms with E-state index in [1.807, 2.05) is 12.1 Å². The lowest BCUT2D eigenvalue weighted by Crippen LogP contribution is -2.08. The Morgan fingerprint density at radius 3 is 2.76 bits per heavy atom. The number of benzene rings is 2. The van der Waals surface area contributed by atoms with Crippen LogP contribution >= 0.6 is 15.9 Å². The van der Waals surface area contributed by atoms with Crippen LogP contribution < -0.4 is 9.47 Å². The maximum atomic E-state index is 13.5. The molecule has 0 aliphatic carbocycles. The van der Waals surface area contributed by atoms with Crippen molar-refractivity contribution in [2.75, 3.05) is 13.7 Å². The molecule has 3 rings (SSSR count). The van der Waals surface area contributed by atoms with Crippen LogP contribution in [0.25, 0.3) is 0 Å². The first-order valence-electron chi connectivity index (χ1n) is 6.92. The maximum Gasteiger partial charge on any atom is 0.165 e. The number of aryl methyl sites for hydroxylation is 1. The molecule has 0 spiro atoms. The highest BCUT2D eigenvalue weighted by Gasteiger charge is 2.17. The summed E-state index contributed by atoms with van der Waals surface area (Å²) in [5, 5.41) is 0. The number of alkyl halides is 1. The molecule has 0 saturated carbocycles. The van der Waals surface area contributed by atoms with Crippen molar-refractivity contribution in [3.63, 3.8) is 0 Å². The van der Waals surface area contributed by atoms with Crippen LogP contribution in [0.4, 0.5) is 4.39 Å². The van der Waals surface area contributed by atoms with E-state index in [0.717, 1.165) is 36.3 Å². The molecule has 1 aliphatic rings. The molecule has 0 N–H and O–H groups in total. The number of rotatable bonds is 3. The Morgan fingerprint density at radius 2 is 1.95 bits per heavy atom. The summed E-state index contributed by atoms with van der Waals surface area (Å²) >= 11 is 3.69. The Bertz CT molecular complexity index is 657. The van der Waals surface area contributed by atoms with Crippen molar-refractivity contribution in [1.29, 1.82) is 0 Å². The maximum absolute atomic E-state index is 13.5. The molecule has 1 unspecified atom stereocenters. The molecule has 0 bridgehead atoms. The van der Waals surface area contributed by atoms with Crippen molar-refractivity contribution in [2.45, 2.75) is 17.7 Å². The van der Waals surface area contributed by atoms with Crippen molar-refractivity contribution in [3.8, 4) is 11.5 Å². The summed E-state index contributed by atoms with van der Waals surface area (Å²) in [7, 11) is 1.47. The van der Waals surface area contributed by atoms with Crippen molar-refractivity contribution < 1.29 is 13.9 Å². The van der Waals surface area contributed by atoms with E-state index in [9.17, 15) is 4.39 Å². The van der Waals surface area contributed by atoms with Crippen LogP contribution in [-0.2, 0) is 6.42 Å². The van der Waals surface area contributed by atoms with Gasteiger partial charge in [0.2, 0.25) is 0 Å². The van der Waals surface area contributed by atoms with Crippen LogP contribution in [0.15, 0.2) is 36.4 Å². The molecule has 1 heterocycles. The number of fused-ring (bicyclic) bond motifs is 1. The summed E-state index contributed by atoms with van der Waals surface area (Å²) in [4.78, 5) is -0.000716. The van der Waals surface area contributed by atoms with Gasteiger partial charge in [-0.1, -0.05) is 34.1 Å². The summed E-state index contributed by atoms with van der Waals surface area (Å²) in [5.41, 5.74) is 3.33. The molecule has 0 radical (unpaired) electrons. The normalized spacial score (nSPS) is 15.0. The zero-order chi connectivity index (χ0) is 14.8. The van der Waals surface area contributed by atoms with E-state index in [1.54, 1.807) is 12.1 Å². The van der Waals surface area contributed by atoms with E-state index in [2.05, 4.69) is 22.0 Å². The second-order valence-corrected chi connectivity index (χ2v) is 5.99. The smallest absolute Gasteiger partial charge is 0.165 e. The molecule has 0 fully saturated rings. The Morgan fingerprint density at radius 1 is 1.19 bits per heavy atom. The van der Waals surface area contributed by atoms with Gasteiger partial charge in [-0.05, 0) is 47.7 Å². The molecule has 2 aromatic rings. The van der Waals surface area contributed by atoms with Crippen LogP contribution in [0.3, 0.4) is 0 Å². The first-order valence-corrected chi connectivity index (χ1v) is 7.84. The predicted molar refractivity (Wildman–Crippen MR) is 84.0 cm³/mol. The molecule has 2 nitrogen and oxygen atoms in total. The quantitative estimate of drug-likeness (QED) is 0.750. The van der Waals surface area contributed by atoms with E-state index in [0.29, 0.717) is 0 Å². The van der Waals surface area contributed by atoms with Gasteiger partial charge >= 0.3 is 0 Å². The summed E-state index contributed by atoms with van der Waals surface area (Å²) in [5.74, 6) is 0.888. The Balaban J connectivity index is 1.92. The highest BCUT2D eigenvalue weighted by molar-refractivity contribution is 9.09. The number of methoxy groups -OCH3 is 1. The standard InChI is InChI=1S/C17H16BrFO2/c1-20-16-10-13(4-6-14(16)19)17(18)12-5-7-15-11(9-12)3-2-8-21-15/h4-7,9-10,17H,2-3,8H2,1H3. The lowest BCUT2D eigenvalue weighted by molar-refractivity contribution is 0.288. The Hall–Kier alpha value is -1.55. The van der Waals surface area contributed by atoms with Gasteiger partial charge in [0.15, 0.2) is 11.6 Å². The van der Waals surface area contributed by atoms with Crippen molar-refractivity contribution in [3.05, 3.63) is 58.9 Å². The summed E-state index contributed by atoms with van der Waals surface area (Å²) in [6, 6.07) is 11.1. The van der Waals surface area contributed by atoms with Gasteiger partial charge in [-0.15, -0.1) is 0 Å². The highest BCUT2D eigenvalue weighted by atomic mass is 79.9. The van der Waals surface area contributed by atoms with Gasteiger partial charge in [0.25, 0.3) is 0 Å². The highest BCUT2D eigenvalue weighted by Crippen LogP contribution is 2.36. The van der Waals surface area contributed by atoms with E-state index < -0.39 is 0 Å². The largest absolute Gasteiger partial charge is 0.494 e. The van der Waals surface area contributed by atoms with Crippen LogP contribution in [0.2, 0.25) is 0 Å². The van der Waals surface area contributed by atoms with Crippen LogP contribution in [-0.4, -0.2) is 13.7 Å². The minimum Gasteiger partial charge on any atom is -0.494 e. The second kappa shape index (κ2) is 6.06. The lowest BCUT2D eigenvalue weighted by atomic mass is 9.99. The topological polar surface area (TPSA) is 18.5 Å². The molecule has 4 heteroatoms. The number of halogens is 2. The third-order valence-electron chi connectivity index (χ3n) is 3.69. The molecule has 0 saturated heterocycles. The first-order chi connectivity index (χ1) is 10.2. The third kappa shape index (κ3) is 2.91. The number of hydrogen-bond acceptors (Lipinski definition) is 2. The number of hydrogen-bond donors (Lipinski definition) is 0. The van der Waals surface area contributed by atoms with E-state index in [1.165, 1.54) is 18.7 Å². The van der Waals surface area contributed by atoms with Crippen molar-refractivity contribution in [2.24, 2.45) is 0 Å². The summed E-state index contributed by atoms with van der Waals surface area (Å²) in [6.07, 6.45) is 2.09. The minimum atomic E-state index is -0.347. The van der Waals surface area contributed by atoms with Gasteiger partial charge in [-0.3, -0.25) is 0 Å². The summed E-state index contributed by atoms with van der Waals surface area (Å²) < 4.78 is 24.2. The van der Waals surface area contributed by atoms with E-state index >= 15 is 0 Å². The fourth-order valence-electron chi connectivity index (χ4n) is 2.56. The molecule has 21 heavy (non-hydrogen) atoms. The molecule has 1 aliphatic heterocycles. The molecule has 0 amide bonds. The zero-order valence-corrected chi connectivity index (χ0v) is 13.3. The molecule has 0 aromatic heterocycles. The Labute approximate surface area is 132 Å². The van der Waals surface area contributed by atoms with Crippen LogP contribution in [0, 0.1) is 5.82 Å². The fraction of sp³-hybridized carbons (Fsp3) is 0.294. The van der Waals surface area contributed by atoms with Gasteiger partial charge in [0, 0.05) is 0 Å². The molecular formula is C17H16BrFO2. The molecule has 110 valence electrons. The average Bonchev–Trinajstić information content (AvgIpc) is 2.54. The van der Waals surface area contributed by atoms with Crippen molar-refractivity contribution >= 4 is 15.9 Å². The minimum absolute atomic E-state index is 0.000716. The Kier molecular flexibility index (Phi) is 4.15. The van der Waals surface area contributed by atoms with Crippen LogP contribution in [0.1, 0.15) is 27.9 Å². The zero-order valence-electron chi connectivity index (χ0n) is 11.7. The van der Waals surface area contributed by atoms with Gasteiger partial charge in [-0.25, -0.2) is 4.39 Å². The SMILES string of the molecule is COc1cc(C(Br)c2ccc3c(c2)CCCO3)ccc1F. The molecule has 1 atom stereocenters. The predicted octanol–water partition coefficient (Wildman–Crippen LogP) is 4.64. The molecule has 2 aromatic carbocycles. The van der Waals surface area contributed by atoms with Gasteiger partial charge in [-0.2, -0.15) is 0 Å². The fourth-order valence-corrected chi connectivity index (χ4v) is 3.13. The molecular weight excluding hydrogens is 335 g/mol. The second-order valence-electron chi connectivity index (χ2n) is 5.08. The third-order valence-corrected chi connectivity index (χ3v) is 4.75. The average molecular weight is 351 g/mol. The van der Waals surface area contributed by atoms with Gasteiger partial charge < -0.3 is 9.47 Å². The lowest BCUT2D eigenvalue weighted by Gasteiger charge is -2.19. The van der Waals surface area contributed by atoms with E-state index in [-0.39, 0.29) is 16.4 Å². The number of ether oxygens (including phenoxy) is 2. The monoisotopic (exact) mass is 350 g/mol. The van der Waals surface area contributed by atoms with Crippen LogP contribution in [0.5, 0.6) is 11.5 Å². The summed E-state index contributed by atoms with van der Waals surface area (Å²) in [6.45, 7) is 0.791. The van der Waals surface area contributed by atoms with Gasteiger partial charge in [0.1, 0.15) is 5.75 Å². The van der Waals surface area contributed by atoms with Gasteiger partial charge in [0.05, 0.1) is 18.5 Å². The van der Waals surface area contributed by atoms with E-state index in [4.69, 9.17) is 9.47 Å². The first kappa shape index (κ1) is 14.4. The van der Waals surface area contributed by atoms with Crippen molar-refractivity contribution in [1.82, 2.24) is 0 Å².